The van der Waals surface area contributed by atoms with Crippen LogP contribution in [0.5, 0.6) is 5.75 Å². The molecule has 184 valence electrons. The van der Waals surface area contributed by atoms with Crippen LogP contribution in [0.2, 0.25) is 0 Å². The standard InChI is InChI=1S/C29H32FNO4/c1-19(2)16-26(23-10-13-24(30)14-11-23)31-29(34)25-17-21(8-9-22(25)12-15-28(32)33)18-35-27-7-5-4-6-20(27)3/h4-11,13-14,17,19,26H,12,15-16,18H2,1-3H3,(H,31,34)(H,32,33). The molecule has 0 aliphatic heterocycles. The third-order valence-corrected chi connectivity index (χ3v) is 5.80. The summed E-state index contributed by atoms with van der Waals surface area (Å²) in [7, 11) is 0. The van der Waals surface area contributed by atoms with Crippen LogP contribution in [0.15, 0.2) is 66.7 Å². The molecule has 3 aromatic carbocycles. The Morgan fingerprint density at radius 3 is 2.40 bits per heavy atom. The van der Waals surface area contributed by atoms with Crippen molar-refractivity contribution in [3.05, 3.63) is 100 Å². The van der Waals surface area contributed by atoms with E-state index in [0.717, 1.165) is 22.4 Å². The van der Waals surface area contributed by atoms with Crippen molar-refractivity contribution in [2.45, 2.75) is 52.7 Å². The van der Waals surface area contributed by atoms with Crippen LogP contribution in [0.1, 0.15) is 65.3 Å². The Morgan fingerprint density at radius 1 is 1.03 bits per heavy atom. The van der Waals surface area contributed by atoms with E-state index in [4.69, 9.17) is 9.84 Å². The van der Waals surface area contributed by atoms with Crippen molar-refractivity contribution in [2.75, 3.05) is 0 Å². The zero-order valence-electron chi connectivity index (χ0n) is 20.4. The van der Waals surface area contributed by atoms with Gasteiger partial charge in [-0.2, -0.15) is 0 Å². The molecule has 0 bridgehead atoms. The minimum atomic E-state index is -0.924. The molecular formula is C29H32FNO4. The van der Waals surface area contributed by atoms with Crippen LogP contribution in [0.3, 0.4) is 0 Å². The number of para-hydroxylation sites is 1. The molecule has 0 spiro atoms. The molecule has 0 saturated carbocycles. The number of ether oxygens (including phenoxy) is 1. The summed E-state index contributed by atoms with van der Waals surface area (Å²) in [6, 6.07) is 19.0. The van der Waals surface area contributed by atoms with E-state index in [2.05, 4.69) is 19.2 Å². The van der Waals surface area contributed by atoms with Gasteiger partial charge in [0, 0.05) is 12.0 Å². The van der Waals surface area contributed by atoms with Crippen LogP contribution in [0.4, 0.5) is 4.39 Å². The number of carbonyl (C=O) groups excluding carboxylic acids is 1. The first kappa shape index (κ1) is 25.9. The van der Waals surface area contributed by atoms with Crippen LogP contribution in [-0.4, -0.2) is 17.0 Å². The average Bonchev–Trinajstić information content (AvgIpc) is 2.82. The van der Waals surface area contributed by atoms with E-state index < -0.39 is 5.97 Å². The number of amides is 1. The fraction of sp³-hybridized carbons (Fsp3) is 0.310. The lowest BCUT2D eigenvalue weighted by atomic mass is 9.95. The second-order valence-electron chi connectivity index (χ2n) is 9.15. The Labute approximate surface area is 206 Å². The van der Waals surface area contributed by atoms with Crippen LogP contribution in [-0.2, 0) is 17.8 Å². The number of rotatable bonds is 11. The van der Waals surface area contributed by atoms with Gasteiger partial charge in [-0.1, -0.05) is 56.3 Å². The van der Waals surface area contributed by atoms with Gasteiger partial charge in [-0.25, -0.2) is 4.39 Å². The molecule has 1 atom stereocenters. The SMILES string of the molecule is Cc1ccccc1OCc1ccc(CCC(=O)O)c(C(=O)NC(CC(C)C)c2ccc(F)cc2)c1. The van der Waals surface area contributed by atoms with Crippen molar-refractivity contribution in [3.8, 4) is 5.75 Å². The van der Waals surface area contributed by atoms with Crippen molar-refractivity contribution >= 4 is 11.9 Å². The van der Waals surface area contributed by atoms with Gasteiger partial charge in [-0.3, -0.25) is 9.59 Å². The second-order valence-corrected chi connectivity index (χ2v) is 9.15. The molecule has 1 unspecified atom stereocenters. The number of carbonyl (C=O) groups is 2. The molecule has 6 heteroatoms. The third-order valence-electron chi connectivity index (χ3n) is 5.80. The Hall–Kier alpha value is -3.67. The Kier molecular flexibility index (Phi) is 9.01. The van der Waals surface area contributed by atoms with Crippen LogP contribution < -0.4 is 10.1 Å². The molecule has 35 heavy (non-hydrogen) atoms. The number of aliphatic carboxylic acids is 1. The highest BCUT2D eigenvalue weighted by molar-refractivity contribution is 5.96. The van der Waals surface area contributed by atoms with Gasteiger partial charge in [-0.05, 0) is 72.2 Å². The lowest BCUT2D eigenvalue weighted by molar-refractivity contribution is -0.136. The topological polar surface area (TPSA) is 75.6 Å². The molecule has 0 aromatic heterocycles. The second kappa shape index (κ2) is 12.2. The van der Waals surface area contributed by atoms with Crippen molar-refractivity contribution < 1.29 is 23.8 Å². The van der Waals surface area contributed by atoms with E-state index in [1.54, 1.807) is 24.3 Å². The number of carboxylic acid groups (broad SMARTS) is 1. The highest BCUT2D eigenvalue weighted by Gasteiger charge is 2.20. The first-order chi connectivity index (χ1) is 16.7. The summed E-state index contributed by atoms with van der Waals surface area (Å²) < 4.78 is 19.4. The maximum atomic E-state index is 13.5. The van der Waals surface area contributed by atoms with Crippen LogP contribution >= 0.6 is 0 Å². The predicted molar refractivity (Wildman–Crippen MR) is 134 cm³/mol. The molecule has 0 aliphatic rings. The summed E-state index contributed by atoms with van der Waals surface area (Å²) in [5, 5.41) is 12.2. The van der Waals surface area contributed by atoms with Crippen molar-refractivity contribution in [2.24, 2.45) is 5.92 Å². The highest BCUT2D eigenvalue weighted by atomic mass is 19.1. The fourth-order valence-corrected chi connectivity index (χ4v) is 3.94. The first-order valence-corrected chi connectivity index (χ1v) is 11.8. The van der Waals surface area contributed by atoms with Gasteiger partial charge in [0.1, 0.15) is 18.2 Å². The molecule has 0 radical (unpaired) electrons. The molecule has 0 aliphatic carbocycles. The zero-order valence-corrected chi connectivity index (χ0v) is 20.4. The van der Waals surface area contributed by atoms with Crippen LogP contribution in [0.25, 0.3) is 0 Å². The summed E-state index contributed by atoms with van der Waals surface area (Å²) in [6.07, 6.45) is 0.840. The average molecular weight is 478 g/mol. The normalized spacial score (nSPS) is 11.8. The molecule has 2 N–H and O–H groups in total. The van der Waals surface area contributed by atoms with E-state index in [-0.39, 0.29) is 37.2 Å². The fourth-order valence-electron chi connectivity index (χ4n) is 3.94. The third kappa shape index (κ3) is 7.67. The summed E-state index contributed by atoms with van der Waals surface area (Å²) in [5.74, 6) is -0.487. The maximum absolute atomic E-state index is 13.5. The Balaban J connectivity index is 1.86. The number of hydrogen-bond donors (Lipinski definition) is 2. The monoisotopic (exact) mass is 477 g/mol. The Bertz CT molecular complexity index is 1160. The largest absolute Gasteiger partial charge is 0.489 e. The minimum absolute atomic E-state index is 0.0767. The van der Waals surface area contributed by atoms with Gasteiger partial charge in [0.15, 0.2) is 0 Å². The predicted octanol–water partition coefficient (Wildman–Crippen LogP) is 6.25. The maximum Gasteiger partial charge on any atom is 0.303 e. The van der Waals surface area contributed by atoms with Gasteiger partial charge < -0.3 is 15.2 Å². The van der Waals surface area contributed by atoms with E-state index in [1.807, 2.05) is 37.3 Å². The number of halogens is 1. The van der Waals surface area contributed by atoms with E-state index in [9.17, 15) is 14.0 Å². The molecule has 0 heterocycles. The van der Waals surface area contributed by atoms with E-state index >= 15 is 0 Å². The van der Waals surface area contributed by atoms with Crippen LogP contribution in [0, 0.1) is 18.7 Å². The summed E-state index contributed by atoms with van der Waals surface area (Å²) in [5.41, 5.74) is 3.72. The van der Waals surface area contributed by atoms with E-state index in [0.29, 0.717) is 23.5 Å². The van der Waals surface area contributed by atoms with Gasteiger partial charge in [-0.15, -0.1) is 0 Å². The van der Waals surface area contributed by atoms with Crippen molar-refractivity contribution in [1.29, 1.82) is 0 Å². The number of hydrogen-bond acceptors (Lipinski definition) is 3. The molecule has 3 rings (SSSR count). The zero-order chi connectivity index (χ0) is 25.4. The molecule has 3 aromatic rings. The lowest BCUT2D eigenvalue weighted by Crippen LogP contribution is -2.30. The lowest BCUT2D eigenvalue weighted by Gasteiger charge is -2.22. The molecule has 5 nitrogen and oxygen atoms in total. The number of benzene rings is 3. The Morgan fingerprint density at radius 2 is 1.74 bits per heavy atom. The molecule has 0 fully saturated rings. The minimum Gasteiger partial charge on any atom is -0.489 e. The van der Waals surface area contributed by atoms with Crippen molar-refractivity contribution in [1.82, 2.24) is 5.32 Å². The smallest absolute Gasteiger partial charge is 0.303 e. The highest BCUT2D eigenvalue weighted by Crippen LogP contribution is 2.24. The summed E-state index contributed by atoms with van der Waals surface area (Å²) in [6.45, 7) is 6.36. The quantitative estimate of drug-likeness (QED) is 0.342. The summed E-state index contributed by atoms with van der Waals surface area (Å²) in [4.78, 5) is 24.6. The number of nitrogens with one attached hydrogen (secondary N) is 1. The van der Waals surface area contributed by atoms with Gasteiger partial charge in [0.25, 0.3) is 5.91 Å². The summed E-state index contributed by atoms with van der Waals surface area (Å²) >= 11 is 0. The van der Waals surface area contributed by atoms with Gasteiger partial charge in [0.2, 0.25) is 0 Å². The van der Waals surface area contributed by atoms with Gasteiger partial charge >= 0.3 is 5.97 Å². The van der Waals surface area contributed by atoms with Crippen molar-refractivity contribution in [3.63, 3.8) is 0 Å². The molecular weight excluding hydrogens is 445 g/mol. The van der Waals surface area contributed by atoms with Gasteiger partial charge in [0.05, 0.1) is 6.04 Å². The van der Waals surface area contributed by atoms with E-state index in [1.165, 1.54) is 12.1 Å². The number of carboxylic acids is 1. The first-order valence-electron chi connectivity index (χ1n) is 11.8. The molecule has 0 saturated heterocycles. The number of aryl methyl sites for hydroxylation is 2. The molecule has 1 amide bonds.